The average Bonchev–Trinajstić information content (AvgIpc) is 3.05. The molecule has 0 saturated heterocycles. The van der Waals surface area contributed by atoms with E-state index in [0.717, 1.165) is 12.1 Å². The number of rotatable bonds is 4. The monoisotopic (exact) mass is 334 g/mol. The first-order valence-electron chi connectivity index (χ1n) is 7.00. The zero-order valence-corrected chi connectivity index (χ0v) is 12.7. The van der Waals surface area contributed by atoms with Crippen LogP contribution in [-0.2, 0) is 17.5 Å². The van der Waals surface area contributed by atoms with Crippen LogP contribution in [0, 0.1) is 0 Å². The van der Waals surface area contributed by atoms with Gasteiger partial charge in [-0.1, -0.05) is 6.07 Å². The molecule has 3 aromatic rings. The predicted octanol–water partition coefficient (Wildman–Crippen LogP) is 3.49. The maximum absolute atomic E-state index is 12.9. The topological polar surface area (TPSA) is 52.8 Å². The Hall–Kier alpha value is -2.74. The van der Waals surface area contributed by atoms with Crippen molar-refractivity contribution in [3.05, 3.63) is 60.4 Å². The van der Waals surface area contributed by atoms with E-state index in [-0.39, 0.29) is 6.61 Å². The van der Waals surface area contributed by atoms with Crippen LogP contribution < -0.4 is 0 Å². The van der Waals surface area contributed by atoms with Gasteiger partial charge in [-0.25, -0.2) is 15.0 Å². The van der Waals surface area contributed by atoms with Gasteiger partial charge in [-0.05, 0) is 18.2 Å². The molecular weight excluding hydrogens is 321 g/mol. The molecule has 1 aromatic carbocycles. The Labute approximate surface area is 135 Å². The number of hydrogen-bond donors (Lipinski definition) is 0. The third-order valence-electron chi connectivity index (χ3n) is 3.33. The van der Waals surface area contributed by atoms with Crippen molar-refractivity contribution in [2.75, 3.05) is 7.11 Å². The average molecular weight is 334 g/mol. The summed E-state index contributed by atoms with van der Waals surface area (Å²) in [5.74, 6) is 0.969. The minimum absolute atomic E-state index is 0.280. The molecule has 0 spiro atoms. The van der Waals surface area contributed by atoms with Crippen molar-refractivity contribution in [2.45, 2.75) is 12.8 Å². The molecule has 2 heterocycles. The van der Waals surface area contributed by atoms with Gasteiger partial charge in [0, 0.05) is 37.6 Å². The van der Waals surface area contributed by atoms with Crippen LogP contribution in [0.3, 0.4) is 0 Å². The number of ether oxygens (including phenoxy) is 1. The third-order valence-corrected chi connectivity index (χ3v) is 3.33. The van der Waals surface area contributed by atoms with Crippen LogP contribution in [0.4, 0.5) is 13.2 Å². The SMILES string of the molecule is COCc1ncc(-c2nccn2-c2cccc(C(F)(F)F)c2)cn1. The molecule has 0 bridgehead atoms. The zero-order valence-electron chi connectivity index (χ0n) is 12.7. The lowest BCUT2D eigenvalue weighted by Gasteiger charge is -2.11. The van der Waals surface area contributed by atoms with Gasteiger partial charge in [0.15, 0.2) is 5.82 Å². The van der Waals surface area contributed by atoms with Crippen LogP contribution in [0.1, 0.15) is 11.4 Å². The zero-order chi connectivity index (χ0) is 17.2. The summed E-state index contributed by atoms with van der Waals surface area (Å²) in [7, 11) is 1.54. The lowest BCUT2D eigenvalue weighted by Crippen LogP contribution is -2.06. The molecule has 0 aliphatic carbocycles. The molecule has 0 unspecified atom stereocenters. The van der Waals surface area contributed by atoms with E-state index < -0.39 is 11.7 Å². The summed E-state index contributed by atoms with van der Waals surface area (Å²) in [4.78, 5) is 12.5. The molecular formula is C16H13F3N4O. The molecule has 2 aromatic heterocycles. The van der Waals surface area contributed by atoms with E-state index in [1.807, 2.05) is 0 Å². The van der Waals surface area contributed by atoms with E-state index in [4.69, 9.17) is 4.74 Å². The first kappa shape index (κ1) is 16.1. The van der Waals surface area contributed by atoms with E-state index in [1.54, 1.807) is 29.2 Å². The van der Waals surface area contributed by atoms with Crippen molar-refractivity contribution in [2.24, 2.45) is 0 Å². The fourth-order valence-corrected chi connectivity index (χ4v) is 2.23. The molecule has 0 fully saturated rings. The van der Waals surface area contributed by atoms with Gasteiger partial charge in [0.25, 0.3) is 0 Å². The quantitative estimate of drug-likeness (QED) is 0.733. The van der Waals surface area contributed by atoms with Crippen molar-refractivity contribution in [3.8, 4) is 17.1 Å². The smallest absolute Gasteiger partial charge is 0.377 e. The van der Waals surface area contributed by atoms with Gasteiger partial charge in [0.1, 0.15) is 12.4 Å². The summed E-state index contributed by atoms with van der Waals surface area (Å²) >= 11 is 0. The molecule has 0 saturated carbocycles. The van der Waals surface area contributed by atoms with Gasteiger partial charge < -0.3 is 4.74 Å². The molecule has 24 heavy (non-hydrogen) atoms. The summed E-state index contributed by atoms with van der Waals surface area (Å²) in [6, 6.07) is 5.05. The summed E-state index contributed by atoms with van der Waals surface area (Å²) in [5, 5.41) is 0. The second-order valence-corrected chi connectivity index (χ2v) is 4.99. The Morgan fingerprint density at radius 1 is 1.12 bits per heavy atom. The van der Waals surface area contributed by atoms with E-state index in [2.05, 4.69) is 15.0 Å². The number of benzene rings is 1. The summed E-state index contributed by atoms with van der Waals surface area (Å²) in [6.07, 6.45) is 1.83. The van der Waals surface area contributed by atoms with Crippen molar-refractivity contribution in [1.29, 1.82) is 0 Å². The van der Waals surface area contributed by atoms with Crippen LogP contribution in [0.2, 0.25) is 0 Å². The first-order valence-corrected chi connectivity index (χ1v) is 7.00. The number of aromatic nitrogens is 4. The molecule has 8 heteroatoms. The number of imidazole rings is 1. The summed E-state index contributed by atoms with van der Waals surface area (Å²) in [5.41, 5.74) is 0.238. The minimum Gasteiger partial charge on any atom is -0.377 e. The second kappa shape index (κ2) is 6.40. The Morgan fingerprint density at radius 3 is 2.54 bits per heavy atom. The number of alkyl halides is 3. The molecule has 0 aliphatic rings. The molecule has 124 valence electrons. The van der Waals surface area contributed by atoms with Gasteiger partial charge >= 0.3 is 6.18 Å². The lowest BCUT2D eigenvalue weighted by molar-refractivity contribution is -0.137. The Bertz CT molecular complexity index is 828. The second-order valence-electron chi connectivity index (χ2n) is 4.99. The normalized spacial score (nSPS) is 11.7. The van der Waals surface area contributed by atoms with Gasteiger partial charge in [-0.15, -0.1) is 0 Å². The predicted molar refractivity (Wildman–Crippen MR) is 80.3 cm³/mol. The Morgan fingerprint density at radius 2 is 1.88 bits per heavy atom. The van der Waals surface area contributed by atoms with Crippen LogP contribution in [0.25, 0.3) is 17.1 Å². The Kier molecular flexibility index (Phi) is 4.30. The van der Waals surface area contributed by atoms with Crippen molar-refractivity contribution < 1.29 is 17.9 Å². The van der Waals surface area contributed by atoms with Gasteiger partial charge in [0.2, 0.25) is 0 Å². The number of hydrogen-bond acceptors (Lipinski definition) is 4. The van der Waals surface area contributed by atoms with Crippen LogP contribution in [-0.4, -0.2) is 26.6 Å². The number of halogens is 3. The molecule has 0 N–H and O–H groups in total. The van der Waals surface area contributed by atoms with Crippen LogP contribution >= 0.6 is 0 Å². The van der Waals surface area contributed by atoms with E-state index in [0.29, 0.717) is 22.9 Å². The van der Waals surface area contributed by atoms with Crippen molar-refractivity contribution in [1.82, 2.24) is 19.5 Å². The van der Waals surface area contributed by atoms with E-state index in [1.165, 1.54) is 19.4 Å². The third kappa shape index (κ3) is 3.28. The van der Waals surface area contributed by atoms with Gasteiger partial charge in [-0.2, -0.15) is 13.2 Å². The molecule has 0 aliphatic heterocycles. The molecule has 0 radical (unpaired) electrons. The summed E-state index contributed by atoms with van der Waals surface area (Å²) in [6.45, 7) is 0.280. The van der Waals surface area contributed by atoms with Crippen LogP contribution in [0.5, 0.6) is 0 Å². The minimum atomic E-state index is -4.40. The highest BCUT2D eigenvalue weighted by Crippen LogP contribution is 2.31. The van der Waals surface area contributed by atoms with Crippen molar-refractivity contribution >= 4 is 0 Å². The highest BCUT2D eigenvalue weighted by atomic mass is 19.4. The van der Waals surface area contributed by atoms with E-state index >= 15 is 0 Å². The maximum atomic E-state index is 12.9. The molecule has 0 atom stereocenters. The highest BCUT2D eigenvalue weighted by molar-refractivity contribution is 5.56. The van der Waals surface area contributed by atoms with E-state index in [9.17, 15) is 13.2 Å². The van der Waals surface area contributed by atoms with Gasteiger partial charge in [0.05, 0.1) is 11.1 Å². The largest absolute Gasteiger partial charge is 0.416 e. The molecule has 0 amide bonds. The van der Waals surface area contributed by atoms with Crippen LogP contribution in [0.15, 0.2) is 49.1 Å². The maximum Gasteiger partial charge on any atom is 0.416 e. The molecule has 5 nitrogen and oxygen atoms in total. The standard InChI is InChI=1S/C16H13F3N4O/c1-24-10-14-21-8-11(9-22-14)15-20-5-6-23(15)13-4-2-3-12(7-13)16(17,18)19/h2-9H,10H2,1H3. The summed E-state index contributed by atoms with van der Waals surface area (Å²) < 4.78 is 45.2. The van der Waals surface area contributed by atoms with Crippen molar-refractivity contribution in [3.63, 3.8) is 0 Å². The van der Waals surface area contributed by atoms with Gasteiger partial charge in [-0.3, -0.25) is 4.57 Å². The highest BCUT2D eigenvalue weighted by Gasteiger charge is 2.30. The lowest BCUT2D eigenvalue weighted by atomic mass is 10.2. The number of methoxy groups -OCH3 is 1. The number of nitrogens with zero attached hydrogens (tertiary/aromatic N) is 4. The Balaban J connectivity index is 1.99. The molecule has 3 rings (SSSR count). The first-order chi connectivity index (χ1) is 11.5. The fraction of sp³-hybridized carbons (Fsp3) is 0.188. The fourth-order valence-electron chi connectivity index (χ4n) is 2.23.